The first-order valence-corrected chi connectivity index (χ1v) is 6.20. The minimum absolute atomic E-state index is 0.150. The first-order chi connectivity index (χ1) is 8.08. The molecule has 1 aromatic carbocycles. The topological polar surface area (TPSA) is 32.3 Å². The van der Waals surface area contributed by atoms with Gasteiger partial charge in [0, 0.05) is 18.8 Å². The smallest absolute Gasteiger partial charge is 0.244 e. The number of hydrogen-bond acceptors (Lipinski definition) is 2. The van der Waals surface area contributed by atoms with Crippen LogP contribution >= 0.6 is 0 Å². The molecule has 1 atom stereocenters. The number of anilines is 1. The van der Waals surface area contributed by atoms with Gasteiger partial charge in [0.15, 0.2) is 0 Å². The molecular formula is C14H22N2O. The van der Waals surface area contributed by atoms with Crippen LogP contribution in [0.1, 0.15) is 26.3 Å². The van der Waals surface area contributed by atoms with Crippen molar-refractivity contribution in [3.05, 3.63) is 29.8 Å². The number of hydrogen-bond donors (Lipinski definition) is 1. The van der Waals surface area contributed by atoms with E-state index in [9.17, 15) is 4.79 Å². The Morgan fingerprint density at radius 2 is 2.00 bits per heavy atom. The lowest BCUT2D eigenvalue weighted by Gasteiger charge is -2.24. The maximum Gasteiger partial charge on any atom is 0.244 e. The molecule has 0 fully saturated rings. The third kappa shape index (κ3) is 3.77. The van der Waals surface area contributed by atoms with Gasteiger partial charge in [0.1, 0.15) is 6.04 Å². The highest BCUT2D eigenvalue weighted by atomic mass is 16.2. The largest absolute Gasteiger partial charge is 0.374 e. The average molecular weight is 234 g/mol. The van der Waals surface area contributed by atoms with E-state index in [1.165, 1.54) is 5.56 Å². The Balaban J connectivity index is 2.65. The van der Waals surface area contributed by atoms with Crippen molar-refractivity contribution in [2.24, 2.45) is 0 Å². The first-order valence-electron chi connectivity index (χ1n) is 6.20. The number of aryl methyl sites for hydroxylation is 1. The van der Waals surface area contributed by atoms with Gasteiger partial charge < -0.3 is 10.2 Å². The summed E-state index contributed by atoms with van der Waals surface area (Å²) < 4.78 is 0. The van der Waals surface area contributed by atoms with Crippen LogP contribution in [0.25, 0.3) is 0 Å². The van der Waals surface area contributed by atoms with Crippen molar-refractivity contribution in [2.45, 2.75) is 33.7 Å². The average Bonchev–Trinajstić information content (AvgIpc) is 2.30. The SMILES string of the molecule is CCN(CC)C(=O)C(C)Nc1cccc(C)c1. The second-order valence-electron chi connectivity index (χ2n) is 4.25. The number of benzene rings is 1. The van der Waals surface area contributed by atoms with Crippen LogP contribution in [0.4, 0.5) is 5.69 Å². The molecule has 0 aliphatic carbocycles. The maximum atomic E-state index is 12.1. The van der Waals surface area contributed by atoms with Gasteiger partial charge >= 0.3 is 0 Å². The Kier molecular flexibility index (Phi) is 5.01. The number of nitrogens with one attached hydrogen (secondary N) is 1. The number of nitrogens with zero attached hydrogens (tertiary/aromatic N) is 1. The van der Waals surface area contributed by atoms with Crippen LogP contribution in [0.15, 0.2) is 24.3 Å². The Labute approximate surface area is 104 Å². The molecule has 1 rings (SSSR count). The van der Waals surface area contributed by atoms with Crippen molar-refractivity contribution < 1.29 is 4.79 Å². The fraction of sp³-hybridized carbons (Fsp3) is 0.500. The summed E-state index contributed by atoms with van der Waals surface area (Å²) in [6, 6.07) is 7.89. The second-order valence-corrected chi connectivity index (χ2v) is 4.25. The number of amides is 1. The van der Waals surface area contributed by atoms with Gasteiger partial charge in [-0.2, -0.15) is 0 Å². The van der Waals surface area contributed by atoms with Gasteiger partial charge in [-0.05, 0) is 45.4 Å². The Bertz CT molecular complexity index is 372. The molecule has 0 saturated carbocycles. The minimum atomic E-state index is -0.184. The van der Waals surface area contributed by atoms with Crippen LogP contribution in [0.2, 0.25) is 0 Å². The van der Waals surface area contributed by atoms with E-state index < -0.39 is 0 Å². The number of rotatable bonds is 5. The molecule has 17 heavy (non-hydrogen) atoms. The van der Waals surface area contributed by atoms with Crippen LogP contribution in [0, 0.1) is 6.92 Å². The van der Waals surface area contributed by atoms with Gasteiger partial charge in [0.25, 0.3) is 0 Å². The van der Waals surface area contributed by atoms with Crippen LogP contribution < -0.4 is 5.32 Å². The maximum absolute atomic E-state index is 12.1. The summed E-state index contributed by atoms with van der Waals surface area (Å²) in [4.78, 5) is 13.9. The summed E-state index contributed by atoms with van der Waals surface area (Å²) >= 11 is 0. The predicted octanol–water partition coefficient (Wildman–Crippen LogP) is 2.66. The van der Waals surface area contributed by atoms with Crippen molar-refractivity contribution in [1.29, 1.82) is 0 Å². The summed E-state index contributed by atoms with van der Waals surface area (Å²) in [5.74, 6) is 0.150. The fourth-order valence-corrected chi connectivity index (χ4v) is 1.86. The molecule has 0 bridgehead atoms. The van der Waals surface area contributed by atoms with E-state index in [-0.39, 0.29) is 11.9 Å². The van der Waals surface area contributed by atoms with Crippen LogP contribution in [0.5, 0.6) is 0 Å². The molecule has 1 aromatic rings. The molecule has 3 heteroatoms. The van der Waals surface area contributed by atoms with Gasteiger partial charge in [0.05, 0.1) is 0 Å². The zero-order valence-corrected chi connectivity index (χ0v) is 11.2. The van der Waals surface area contributed by atoms with E-state index in [4.69, 9.17) is 0 Å². The van der Waals surface area contributed by atoms with E-state index in [1.54, 1.807) is 0 Å². The molecule has 0 aliphatic heterocycles. The molecule has 0 aromatic heterocycles. The molecule has 0 saturated heterocycles. The van der Waals surface area contributed by atoms with E-state index in [1.807, 2.05) is 56.9 Å². The van der Waals surface area contributed by atoms with E-state index >= 15 is 0 Å². The highest BCUT2D eigenvalue weighted by molar-refractivity contribution is 5.84. The normalized spacial score (nSPS) is 12.0. The highest BCUT2D eigenvalue weighted by Crippen LogP contribution is 2.11. The number of carbonyl (C=O) groups excluding carboxylic acids is 1. The summed E-state index contributed by atoms with van der Waals surface area (Å²) in [6.07, 6.45) is 0. The number of carbonyl (C=O) groups is 1. The fourth-order valence-electron chi connectivity index (χ4n) is 1.86. The Morgan fingerprint density at radius 3 is 2.53 bits per heavy atom. The third-order valence-corrected chi connectivity index (χ3v) is 2.85. The molecule has 1 N–H and O–H groups in total. The standard InChI is InChI=1S/C14H22N2O/c1-5-16(6-2)14(17)12(4)15-13-9-7-8-11(3)10-13/h7-10,12,15H,5-6H2,1-4H3. The van der Waals surface area contributed by atoms with Crippen LogP contribution in [0.3, 0.4) is 0 Å². The zero-order chi connectivity index (χ0) is 12.8. The zero-order valence-electron chi connectivity index (χ0n) is 11.2. The van der Waals surface area contributed by atoms with Crippen molar-refractivity contribution >= 4 is 11.6 Å². The first kappa shape index (κ1) is 13.6. The van der Waals surface area contributed by atoms with Crippen molar-refractivity contribution in [3.8, 4) is 0 Å². The molecule has 0 aliphatic rings. The molecule has 0 spiro atoms. The van der Waals surface area contributed by atoms with Gasteiger partial charge in [-0.1, -0.05) is 12.1 Å². The van der Waals surface area contributed by atoms with E-state index in [0.717, 1.165) is 18.8 Å². The van der Waals surface area contributed by atoms with Gasteiger partial charge in [0.2, 0.25) is 5.91 Å². The Hall–Kier alpha value is -1.51. The monoisotopic (exact) mass is 234 g/mol. The molecule has 0 heterocycles. The van der Waals surface area contributed by atoms with Gasteiger partial charge in [-0.15, -0.1) is 0 Å². The molecule has 0 radical (unpaired) electrons. The molecular weight excluding hydrogens is 212 g/mol. The second kappa shape index (κ2) is 6.28. The summed E-state index contributed by atoms with van der Waals surface area (Å²) in [5.41, 5.74) is 2.19. The predicted molar refractivity (Wildman–Crippen MR) is 72.2 cm³/mol. The molecule has 3 nitrogen and oxygen atoms in total. The minimum Gasteiger partial charge on any atom is -0.374 e. The van der Waals surface area contributed by atoms with Gasteiger partial charge in [-0.25, -0.2) is 0 Å². The lowest BCUT2D eigenvalue weighted by atomic mass is 10.2. The van der Waals surface area contributed by atoms with Crippen LogP contribution in [-0.4, -0.2) is 29.9 Å². The molecule has 1 unspecified atom stereocenters. The van der Waals surface area contributed by atoms with E-state index in [0.29, 0.717) is 0 Å². The number of likely N-dealkylation sites (N-methyl/N-ethyl adjacent to an activating group) is 1. The van der Waals surface area contributed by atoms with Crippen molar-refractivity contribution in [2.75, 3.05) is 18.4 Å². The highest BCUT2D eigenvalue weighted by Gasteiger charge is 2.17. The van der Waals surface area contributed by atoms with Gasteiger partial charge in [-0.3, -0.25) is 4.79 Å². The van der Waals surface area contributed by atoms with Crippen molar-refractivity contribution in [1.82, 2.24) is 4.90 Å². The summed E-state index contributed by atoms with van der Waals surface area (Å²) in [7, 11) is 0. The lowest BCUT2D eigenvalue weighted by Crippen LogP contribution is -2.41. The lowest BCUT2D eigenvalue weighted by molar-refractivity contribution is -0.131. The molecule has 94 valence electrons. The summed E-state index contributed by atoms with van der Waals surface area (Å²) in [6.45, 7) is 9.47. The van der Waals surface area contributed by atoms with E-state index in [2.05, 4.69) is 5.32 Å². The Morgan fingerprint density at radius 1 is 1.35 bits per heavy atom. The third-order valence-electron chi connectivity index (χ3n) is 2.85. The van der Waals surface area contributed by atoms with Crippen LogP contribution in [-0.2, 0) is 4.79 Å². The summed E-state index contributed by atoms with van der Waals surface area (Å²) in [5, 5.41) is 3.24. The molecule has 1 amide bonds. The van der Waals surface area contributed by atoms with Crippen molar-refractivity contribution in [3.63, 3.8) is 0 Å². The quantitative estimate of drug-likeness (QED) is 0.849.